The molecule has 120 valence electrons. The molecule has 0 saturated carbocycles. The molecular weight excluding hydrogens is 307 g/mol. The van der Waals surface area contributed by atoms with E-state index in [1.54, 1.807) is 13.8 Å². The number of rotatable bonds is 6. The van der Waals surface area contributed by atoms with Gasteiger partial charge in [-0.2, -0.15) is 13.2 Å². The SMILES string of the molecule is CCC(CC)(CN)NS(=O)(=O)c1ccc(C(F)(F)F)nc1. The lowest BCUT2D eigenvalue weighted by Gasteiger charge is -2.30. The Hall–Kier alpha value is -1.19. The Morgan fingerprint density at radius 1 is 1.24 bits per heavy atom. The molecule has 3 N–H and O–H groups in total. The Labute approximate surface area is 121 Å². The fourth-order valence-corrected chi connectivity index (χ4v) is 3.27. The molecule has 0 aliphatic carbocycles. The van der Waals surface area contributed by atoms with Crippen LogP contribution in [0.4, 0.5) is 13.2 Å². The van der Waals surface area contributed by atoms with E-state index in [0.717, 1.165) is 6.07 Å². The van der Waals surface area contributed by atoms with E-state index in [9.17, 15) is 21.6 Å². The maximum absolute atomic E-state index is 12.4. The molecule has 1 aromatic rings. The third-order valence-corrected chi connectivity index (χ3v) is 5.00. The molecule has 0 unspecified atom stereocenters. The number of halogens is 3. The molecule has 0 bridgehead atoms. The first-order valence-corrected chi connectivity index (χ1v) is 7.86. The van der Waals surface area contributed by atoms with Crippen LogP contribution >= 0.6 is 0 Å². The molecule has 0 fully saturated rings. The molecule has 1 heterocycles. The monoisotopic (exact) mass is 325 g/mol. The van der Waals surface area contributed by atoms with Gasteiger partial charge in [0, 0.05) is 18.3 Å². The summed E-state index contributed by atoms with van der Waals surface area (Å²) in [6.07, 6.45) is -2.98. The van der Waals surface area contributed by atoms with Crippen LogP contribution in [0.5, 0.6) is 0 Å². The molecule has 0 aromatic carbocycles. The highest BCUT2D eigenvalue weighted by atomic mass is 32.2. The number of nitrogens with two attached hydrogens (primary N) is 1. The summed E-state index contributed by atoms with van der Waals surface area (Å²) in [6, 6.07) is 1.52. The molecule has 0 aliphatic rings. The minimum absolute atomic E-state index is 0.0906. The molecular formula is C12H18F3N3O2S. The summed E-state index contributed by atoms with van der Waals surface area (Å²) in [5.41, 5.74) is 3.64. The predicted octanol–water partition coefficient (Wildman–Crippen LogP) is 1.90. The van der Waals surface area contributed by atoms with Crippen LogP contribution in [-0.4, -0.2) is 25.5 Å². The van der Waals surface area contributed by atoms with Gasteiger partial charge in [-0.3, -0.25) is 4.98 Å². The van der Waals surface area contributed by atoms with Gasteiger partial charge < -0.3 is 5.73 Å². The number of aromatic nitrogens is 1. The highest BCUT2D eigenvalue weighted by molar-refractivity contribution is 7.89. The summed E-state index contributed by atoms with van der Waals surface area (Å²) < 4.78 is 64.1. The van der Waals surface area contributed by atoms with Crippen molar-refractivity contribution < 1.29 is 21.6 Å². The lowest BCUT2D eigenvalue weighted by Crippen LogP contribution is -2.52. The van der Waals surface area contributed by atoms with Gasteiger partial charge in [-0.1, -0.05) is 13.8 Å². The van der Waals surface area contributed by atoms with Crippen molar-refractivity contribution in [2.75, 3.05) is 6.54 Å². The van der Waals surface area contributed by atoms with Crippen LogP contribution in [0.2, 0.25) is 0 Å². The summed E-state index contributed by atoms with van der Waals surface area (Å²) in [5.74, 6) is 0. The maximum atomic E-state index is 12.4. The van der Waals surface area contributed by atoms with E-state index in [0.29, 0.717) is 25.1 Å². The summed E-state index contributed by atoms with van der Waals surface area (Å²) in [7, 11) is -3.98. The topological polar surface area (TPSA) is 85.1 Å². The van der Waals surface area contributed by atoms with Crippen molar-refractivity contribution in [3.05, 3.63) is 24.0 Å². The Morgan fingerprint density at radius 3 is 2.14 bits per heavy atom. The van der Waals surface area contributed by atoms with Crippen LogP contribution in [0.15, 0.2) is 23.2 Å². The van der Waals surface area contributed by atoms with Crippen LogP contribution < -0.4 is 10.5 Å². The van der Waals surface area contributed by atoms with Crippen molar-refractivity contribution in [3.63, 3.8) is 0 Å². The Morgan fingerprint density at radius 2 is 1.81 bits per heavy atom. The molecule has 1 rings (SSSR count). The molecule has 0 amide bonds. The van der Waals surface area contributed by atoms with E-state index in [1.807, 2.05) is 0 Å². The third kappa shape index (κ3) is 4.14. The first-order chi connectivity index (χ1) is 9.60. The quantitative estimate of drug-likeness (QED) is 0.836. The second kappa shape index (κ2) is 6.29. The third-order valence-electron chi connectivity index (χ3n) is 3.43. The number of alkyl halides is 3. The molecule has 21 heavy (non-hydrogen) atoms. The second-order valence-corrected chi connectivity index (χ2v) is 6.36. The summed E-state index contributed by atoms with van der Waals surface area (Å²) in [6.45, 7) is 3.65. The summed E-state index contributed by atoms with van der Waals surface area (Å²) in [5, 5.41) is 0. The highest BCUT2D eigenvalue weighted by Crippen LogP contribution is 2.28. The van der Waals surface area contributed by atoms with Crippen molar-refractivity contribution >= 4 is 10.0 Å². The van der Waals surface area contributed by atoms with E-state index in [-0.39, 0.29) is 11.4 Å². The number of nitrogens with one attached hydrogen (secondary N) is 1. The van der Waals surface area contributed by atoms with E-state index in [2.05, 4.69) is 9.71 Å². The summed E-state index contributed by atoms with van der Waals surface area (Å²) in [4.78, 5) is 2.82. The fraction of sp³-hybridized carbons (Fsp3) is 0.583. The van der Waals surface area contributed by atoms with Crippen LogP contribution in [-0.2, 0) is 16.2 Å². The summed E-state index contributed by atoms with van der Waals surface area (Å²) >= 11 is 0. The molecule has 0 aliphatic heterocycles. The molecule has 1 aromatic heterocycles. The standard InChI is InChI=1S/C12H18F3N3O2S/c1-3-11(4-2,8-16)18-21(19,20)9-5-6-10(17-7-9)12(13,14)15/h5-7,18H,3-4,8,16H2,1-2H3. The Balaban J connectivity index is 3.09. The first-order valence-electron chi connectivity index (χ1n) is 6.37. The number of pyridine rings is 1. The number of hydrogen-bond donors (Lipinski definition) is 2. The number of nitrogens with zero attached hydrogens (tertiary/aromatic N) is 1. The minimum Gasteiger partial charge on any atom is -0.329 e. The van der Waals surface area contributed by atoms with E-state index in [1.165, 1.54) is 0 Å². The van der Waals surface area contributed by atoms with Gasteiger partial charge in [0.15, 0.2) is 0 Å². The van der Waals surface area contributed by atoms with Gasteiger partial charge in [-0.05, 0) is 25.0 Å². The van der Waals surface area contributed by atoms with Crippen LogP contribution in [0.25, 0.3) is 0 Å². The van der Waals surface area contributed by atoms with Gasteiger partial charge in [-0.15, -0.1) is 0 Å². The van der Waals surface area contributed by atoms with E-state index < -0.39 is 27.4 Å². The van der Waals surface area contributed by atoms with Crippen molar-refractivity contribution in [2.45, 2.75) is 43.3 Å². The van der Waals surface area contributed by atoms with Gasteiger partial charge in [0.05, 0.1) is 0 Å². The average molecular weight is 325 g/mol. The van der Waals surface area contributed by atoms with Gasteiger partial charge in [0.2, 0.25) is 10.0 Å². The van der Waals surface area contributed by atoms with Crippen molar-refractivity contribution in [3.8, 4) is 0 Å². The van der Waals surface area contributed by atoms with Crippen LogP contribution in [0.1, 0.15) is 32.4 Å². The zero-order valence-corrected chi connectivity index (χ0v) is 12.6. The molecule has 9 heteroatoms. The minimum atomic E-state index is -4.61. The van der Waals surface area contributed by atoms with Gasteiger partial charge in [0.1, 0.15) is 10.6 Å². The second-order valence-electron chi connectivity index (χ2n) is 4.67. The normalized spacial score (nSPS) is 13.4. The first kappa shape index (κ1) is 17.9. The smallest absolute Gasteiger partial charge is 0.329 e. The van der Waals surface area contributed by atoms with Crippen molar-refractivity contribution in [2.24, 2.45) is 5.73 Å². The lowest BCUT2D eigenvalue weighted by atomic mass is 9.95. The molecule has 0 atom stereocenters. The van der Waals surface area contributed by atoms with Gasteiger partial charge in [0.25, 0.3) is 0 Å². The average Bonchev–Trinajstić information content (AvgIpc) is 2.44. The zero-order chi connectivity index (χ0) is 16.3. The van der Waals surface area contributed by atoms with Crippen molar-refractivity contribution in [1.29, 1.82) is 0 Å². The van der Waals surface area contributed by atoms with Crippen LogP contribution in [0.3, 0.4) is 0 Å². The molecule has 0 radical (unpaired) electrons. The molecule has 5 nitrogen and oxygen atoms in total. The largest absolute Gasteiger partial charge is 0.433 e. The predicted molar refractivity (Wildman–Crippen MR) is 71.9 cm³/mol. The molecule has 0 spiro atoms. The zero-order valence-electron chi connectivity index (χ0n) is 11.7. The van der Waals surface area contributed by atoms with Gasteiger partial charge in [-0.25, -0.2) is 13.1 Å². The maximum Gasteiger partial charge on any atom is 0.433 e. The van der Waals surface area contributed by atoms with E-state index in [4.69, 9.17) is 5.73 Å². The molecule has 0 saturated heterocycles. The van der Waals surface area contributed by atoms with Gasteiger partial charge >= 0.3 is 6.18 Å². The van der Waals surface area contributed by atoms with Crippen LogP contribution in [0, 0.1) is 0 Å². The highest BCUT2D eigenvalue weighted by Gasteiger charge is 2.34. The Kier molecular flexibility index (Phi) is 5.35. The number of sulfonamides is 1. The number of hydrogen-bond acceptors (Lipinski definition) is 4. The van der Waals surface area contributed by atoms with Crippen molar-refractivity contribution in [1.82, 2.24) is 9.71 Å². The lowest BCUT2D eigenvalue weighted by molar-refractivity contribution is -0.141. The van der Waals surface area contributed by atoms with E-state index >= 15 is 0 Å². The fourth-order valence-electron chi connectivity index (χ4n) is 1.78. The Bertz CT molecular complexity index is 558.